The highest BCUT2D eigenvalue weighted by molar-refractivity contribution is 5.56. The predicted molar refractivity (Wildman–Crippen MR) is 81.9 cm³/mol. The Morgan fingerprint density at radius 2 is 1.70 bits per heavy atom. The smallest absolute Gasteiger partial charge is 0.222 e. The molecule has 0 amide bonds. The minimum Gasteiger partial charge on any atom is -0.382 e. The van der Waals surface area contributed by atoms with Gasteiger partial charge in [-0.1, -0.05) is 42.2 Å². The van der Waals surface area contributed by atoms with Crippen LogP contribution in [0.5, 0.6) is 0 Å². The molecule has 4 nitrogen and oxygen atoms in total. The molecule has 0 unspecified atom stereocenters. The molecule has 0 radical (unpaired) electrons. The maximum atomic E-state index is 5.86. The standard InChI is InChI=1S/C16H18N4/c1-11-13(14(17)20-15(18)19-11)9-10-16(2,3)12-7-5-4-6-8-12/h4-8H,1-3H3,(H4,17,18,19,20). The van der Waals surface area contributed by atoms with Gasteiger partial charge in [0.1, 0.15) is 5.82 Å². The highest BCUT2D eigenvalue weighted by atomic mass is 15.0. The van der Waals surface area contributed by atoms with Crippen molar-refractivity contribution in [3.63, 3.8) is 0 Å². The van der Waals surface area contributed by atoms with Crippen molar-refractivity contribution in [1.29, 1.82) is 0 Å². The lowest BCUT2D eigenvalue weighted by Gasteiger charge is -2.17. The summed E-state index contributed by atoms with van der Waals surface area (Å²) in [5, 5.41) is 0. The molecule has 0 saturated heterocycles. The van der Waals surface area contributed by atoms with Gasteiger partial charge in [-0.25, -0.2) is 4.98 Å². The maximum Gasteiger partial charge on any atom is 0.222 e. The van der Waals surface area contributed by atoms with Gasteiger partial charge in [0.2, 0.25) is 5.95 Å². The van der Waals surface area contributed by atoms with E-state index < -0.39 is 0 Å². The molecule has 2 rings (SSSR count). The van der Waals surface area contributed by atoms with Gasteiger partial charge in [0.25, 0.3) is 0 Å². The molecular weight excluding hydrogens is 248 g/mol. The van der Waals surface area contributed by atoms with Gasteiger partial charge in [0.15, 0.2) is 0 Å². The van der Waals surface area contributed by atoms with E-state index in [0.29, 0.717) is 17.1 Å². The van der Waals surface area contributed by atoms with E-state index in [2.05, 4.69) is 47.8 Å². The highest BCUT2D eigenvalue weighted by Crippen LogP contribution is 2.22. The molecule has 0 aliphatic carbocycles. The van der Waals surface area contributed by atoms with E-state index in [4.69, 9.17) is 11.5 Å². The first-order chi connectivity index (χ1) is 9.40. The normalized spacial score (nSPS) is 10.8. The van der Waals surface area contributed by atoms with E-state index in [9.17, 15) is 0 Å². The monoisotopic (exact) mass is 266 g/mol. The fourth-order valence-electron chi connectivity index (χ4n) is 1.92. The molecule has 102 valence electrons. The Kier molecular flexibility index (Phi) is 3.62. The number of nitrogens with zero attached hydrogens (tertiary/aromatic N) is 2. The summed E-state index contributed by atoms with van der Waals surface area (Å²) in [4.78, 5) is 8.04. The average Bonchev–Trinajstić information content (AvgIpc) is 2.38. The average molecular weight is 266 g/mol. The maximum absolute atomic E-state index is 5.86. The van der Waals surface area contributed by atoms with Crippen molar-refractivity contribution in [2.45, 2.75) is 26.2 Å². The molecule has 0 atom stereocenters. The Morgan fingerprint density at radius 1 is 1.05 bits per heavy atom. The van der Waals surface area contributed by atoms with Crippen LogP contribution in [-0.2, 0) is 5.41 Å². The summed E-state index contributed by atoms with van der Waals surface area (Å²) < 4.78 is 0. The zero-order chi connectivity index (χ0) is 14.8. The van der Waals surface area contributed by atoms with Crippen molar-refractivity contribution >= 4 is 11.8 Å². The Bertz CT molecular complexity index is 656. The minimum absolute atomic E-state index is 0.174. The Balaban J connectivity index is 2.41. The first-order valence-corrected chi connectivity index (χ1v) is 6.38. The van der Waals surface area contributed by atoms with Gasteiger partial charge >= 0.3 is 0 Å². The lowest BCUT2D eigenvalue weighted by molar-refractivity contribution is 0.698. The first-order valence-electron chi connectivity index (χ1n) is 6.38. The van der Waals surface area contributed by atoms with E-state index >= 15 is 0 Å². The van der Waals surface area contributed by atoms with Crippen LogP contribution in [0.2, 0.25) is 0 Å². The molecule has 1 aromatic heterocycles. The molecule has 0 aliphatic rings. The minimum atomic E-state index is -0.276. The number of aromatic nitrogens is 2. The summed E-state index contributed by atoms with van der Waals surface area (Å²) in [5.74, 6) is 6.83. The molecule has 1 heterocycles. The van der Waals surface area contributed by atoms with Gasteiger partial charge in [0, 0.05) is 0 Å². The second-order valence-corrected chi connectivity index (χ2v) is 5.17. The second kappa shape index (κ2) is 5.22. The van der Waals surface area contributed by atoms with Gasteiger partial charge in [-0.2, -0.15) is 4.98 Å². The quantitative estimate of drug-likeness (QED) is 0.776. The molecule has 1 aromatic carbocycles. The summed E-state index contributed by atoms with van der Waals surface area (Å²) in [6, 6.07) is 10.1. The third-order valence-electron chi connectivity index (χ3n) is 3.13. The number of nitrogens with two attached hydrogens (primary N) is 2. The molecule has 2 aromatic rings. The van der Waals surface area contributed by atoms with Crippen molar-refractivity contribution in [3.8, 4) is 11.8 Å². The van der Waals surface area contributed by atoms with Crippen LogP contribution in [-0.4, -0.2) is 9.97 Å². The van der Waals surface area contributed by atoms with Gasteiger partial charge < -0.3 is 11.5 Å². The number of hydrogen-bond acceptors (Lipinski definition) is 4. The van der Waals surface area contributed by atoms with E-state index in [-0.39, 0.29) is 11.4 Å². The molecule has 4 N–H and O–H groups in total. The SMILES string of the molecule is Cc1nc(N)nc(N)c1C#CC(C)(C)c1ccccc1. The number of nitrogen functional groups attached to an aromatic ring is 2. The zero-order valence-corrected chi connectivity index (χ0v) is 11.9. The second-order valence-electron chi connectivity index (χ2n) is 5.17. The van der Waals surface area contributed by atoms with E-state index in [1.54, 1.807) is 0 Å². The third-order valence-corrected chi connectivity index (χ3v) is 3.13. The summed E-state index contributed by atoms with van der Waals surface area (Å²) >= 11 is 0. The van der Waals surface area contributed by atoms with Crippen LogP contribution in [0.25, 0.3) is 0 Å². The third kappa shape index (κ3) is 2.89. The zero-order valence-electron chi connectivity index (χ0n) is 11.9. The summed E-state index contributed by atoms with van der Waals surface area (Å²) in [6.45, 7) is 5.96. The predicted octanol–water partition coefficient (Wildman–Crippen LogP) is 2.28. The van der Waals surface area contributed by atoms with E-state index in [0.717, 1.165) is 5.56 Å². The Morgan fingerprint density at radius 3 is 2.30 bits per heavy atom. The fraction of sp³-hybridized carbons (Fsp3) is 0.250. The molecule has 0 aliphatic heterocycles. The van der Waals surface area contributed by atoms with Gasteiger partial charge in [0.05, 0.1) is 16.7 Å². The van der Waals surface area contributed by atoms with Gasteiger partial charge in [-0.05, 0) is 26.3 Å². The molecular formula is C16H18N4. The van der Waals surface area contributed by atoms with Crippen LogP contribution < -0.4 is 11.5 Å². The summed E-state index contributed by atoms with van der Waals surface area (Å²) in [7, 11) is 0. The van der Waals surface area contributed by atoms with E-state index in [1.165, 1.54) is 0 Å². The van der Waals surface area contributed by atoms with Crippen LogP contribution in [0.15, 0.2) is 30.3 Å². The summed E-state index contributed by atoms with van der Waals surface area (Å²) in [6.07, 6.45) is 0. The number of anilines is 2. The molecule has 0 bridgehead atoms. The van der Waals surface area contributed by atoms with Gasteiger partial charge in [-0.3, -0.25) is 0 Å². The molecule has 0 spiro atoms. The summed E-state index contributed by atoms with van der Waals surface area (Å²) in [5.41, 5.74) is 13.6. The first kappa shape index (κ1) is 13.9. The number of aryl methyl sites for hydroxylation is 1. The van der Waals surface area contributed by atoms with Crippen LogP contribution >= 0.6 is 0 Å². The van der Waals surface area contributed by atoms with Crippen molar-refractivity contribution in [2.24, 2.45) is 0 Å². The van der Waals surface area contributed by atoms with Crippen molar-refractivity contribution in [1.82, 2.24) is 9.97 Å². The highest BCUT2D eigenvalue weighted by Gasteiger charge is 2.17. The topological polar surface area (TPSA) is 77.8 Å². The van der Waals surface area contributed by atoms with Crippen LogP contribution in [0, 0.1) is 18.8 Å². The molecule has 4 heteroatoms. The Labute approximate surface area is 119 Å². The van der Waals surface area contributed by atoms with E-state index in [1.807, 2.05) is 25.1 Å². The number of benzene rings is 1. The van der Waals surface area contributed by atoms with Crippen molar-refractivity contribution < 1.29 is 0 Å². The van der Waals surface area contributed by atoms with Crippen LogP contribution in [0.1, 0.15) is 30.7 Å². The number of rotatable bonds is 1. The lowest BCUT2D eigenvalue weighted by Crippen LogP contribution is -2.14. The molecule has 0 saturated carbocycles. The number of hydrogen-bond donors (Lipinski definition) is 2. The Hall–Kier alpha value is -2.54. The van der Waals surface area contributed by atoms with Crippen LogP contribution in [0.4, 0.5) is 11.8 Å². The fourth-order valence-corrected chi connectivity index (χ4v) is 1.92. The van der Waals surface area contributed by atoms with Crippen molar-refractivity contribution in [3.05, 3.63) is 47.2 Å². The largest absolute Gasteiger partial charge is 0.382 e. The molecule has 0 fully saturated rings. The van der Waals surface area contributed by atoms with Gasteiger partial charge in [-0.15, -0.1) is 0 Å². The lowest BCUT2D eigenvalue weighted by atomic mass is 9.85. The van der Waals surface area contributed by atoms with Crippen LogP contribution in [0.3, 0.4) is 0 Å². The van der Waals surface area contributed by atoms with Crippen molar-refractivity contribution in [2.75, 3.05) is 11.5 Å². The molecule has 20 heavy (non-hydrogen) atoms.